The summed E-state index contributed by atoms with van der Waals surface area (Å²) < 4.78 is 5.22. The zero-order valence-electron chi connectivity index (χ0n) is 11.6. The molecule has 2 heterocycles. The highest BCUT2D eigenvalue weighted by Crippen LogP contribution is 2.06. The quantitative estimate of drug-likeness (QED) is 0.793. The molecule has 1 aliphatic rings. The van der Waals surface area contributed by atoms with Gasteiger partial charge in [-0.3, -0.25) is 14.6 Å². The third-order valence-electron chi connectivity index (χ3n) is 3.26. The summed E-state index contributed by atoms with van der Waals surface area (Å²) in [6.45, 7) is 4.34. The molecule has 1 aromatic heterocycles. The zero-order chi connectivity index (χ0) is 14.4. The average Bonchev–Trinajstić information content (AvgIpc) is 2.48. The molecule has 1 aliphatic heterocycles. The number of carbonyl (C=O) groups is 2. The van der Waals surface area contributed by atoms with Crippen molar-refractivity contribution in [3.8, 4) is 0 Å². The molecule has 1 aromatic rings. The molecule has 0 N–H and O–H groups in total. The van der Waals surface area contributed by atoms with E-state index >= 15 is 0 Å². The van der Waals surface area contributed by atoms with Crippen LogP contribution in [0.3, 0.4) is 0 Å². The van der Waals surface area contributed by atoms with Crippen molar-refractivity contribution in [3.05, 3.63) is 30.1 Å². The molecule has 0 unspecified atom stereocenters. The van der Waals surface area contributed by atoms with Crippen LogP contribution in [0.4, 0.5) is 0 Å². The monoisotopic (exact) mass is 277 g/mol. The Morgan fingerprint density at radius 1 is 1.30 bits per heavy atom. The highest BCUT2D eigenvalue weighted by Gasteiger charge is 2.21. The lowest BCUT2D eigenvalue weighted by Gasteiger charge is -2.29. The topological polar surface area (TPSA) is 62.7 Å². The second-order valence-corrected chi connectivity index (χ2v) is 4.72. The Balaban J connectivity index is 1.95. The minimum atomic E-state index is -0.108. The first kappa shape index (κ1) is 14.5. The van der Waals surface area contributed by atoms with Crippen molar-refractivity contribution in [3.63, 3.8) is 0 Å². The molecule has 0 atom stereocenters. The van der Waals surface area contributed by atoms with Crippen LogP contribution in [-0.2, 0) is 20.9 Å². The van der Waals surface area contributed by atoms with Gasteiger partial charge in [0.15, 0.2) is 0 Å². The maximum atomic E-state index is 12.2. The number of aromatic nitrogens is 1. The normalized spacial score (nSPS) is 14.9. The van der Waals surface area contributed by atoms with E-state index in [9.17, 15) is 9.59 Å². The predicted molar refractivity (Wildman–Crippen MR) is 72.7 cm³/mol. The Morgan fingerprint density at radius 3 is 2.55 bits per heavy atom. The van der Waals surface area contributed by atoms with Gasteiger partial charge in [0.1, 0.15) is 6.54 Å². The summed E-state index contributed by atoms with van der Waals surface area (Å²) in [5, 5.41) is 0. The molecule has 108 valence electrons. The van der Waals surface area contributed by atoms with E-state index < -0.39 is 0 Å². The van der Waals surface area contributed by atoms with Gasteiger partial charge in [-0.05, 0) is 17.7 Å². The molecule has 1 saturated heterocycles. The molecule has 0 radical (unpaired) electrons. The van der Waals surface area contributed by atoms with Crippen molar-refractivity contribution in [2.75, 3.05) is 32.8 Å². The lowest BCUT2D eigenvalue weighted by atomic mass is 10.2. The Bertz CT molecular complexity index is 458. The smallest absolute Gasteiger partial charge is 0.242 e. The Hall–Kier alpha value is -1.95. The van der Waals surface area contributed by atoms with E-state index in [2.05, 4.69) is 4.98 Å². The fourth-order valence-electron chi connectivity index (χ4n) is 2.06. The van der Waals surface area contributed by atoms with Gasteiger partial charge in [0.05, 0.1) is 13.2 Å². The lowest BCUT2D eigenvalue weighted by Crippen LogP contribution is -2.46. The van der Waals surface area contributed by atoms with Crippen molar-refractivity contribution < 1.29 is 14.3 Å². The van der Waals surface area contributed by atoms with Crippen LogP contribution in [0, 0.1) is 0 Å². The van der Waals surface area contributed by atoms with Crippen LogP contribution in [0.25, 0.3) is 0 Å². The molecule has 0 aliphatic carbocycles. The number of nitrogens with zero attached hydrogens (tertiary/aromatic N) is 3. The fourth-order valence-corrected chi connectivity index (χ4v) is 2.06. The van der Waals surface area contributed by atoms with Crippen LogP contribution < -0.4 is 0 Å². The van der Waals surface area contributed by atoms with E-state index in [4.69, 9.17) is 4.74 Å². The van der Waals surface area contributed by atoms with Crippen LogP contribution in [0.15, 0.2) is 24.5 Å². The number of carbonyl (C=O) groups excluding carboxylic acids is 2. The number of pyridine rings is 1. The van der Waals surface area contributed by atoms with Gasteiger partial charge in [0.2, 0.25) is 11.8 Å². The molecule has 2 rings (SSSR count). The van der Waals surface area contributed by atoms with Crippen LogP contribution >= 0.6 is 0 Å². The fraction of sp³-hybridized carbons (Fsp3) is 0.500. The highest BCUT2D eigenvalue weighted by molar-refractivity contribution is 5.83. The third kappa shape index (κ3) is 4.03. The number of morpholine rings is 1. The van der Waals surface area contributed by atoms with Crippen molar-refractivity contribution in [2.24, 2.45) is 0 Å². The number of ether oxygens (including phenoxy) is 1. The molecular weight excluding hydrogens is 258 g/mol. The molecule has 0 bridgehead atoms. The molecule has 20 heavy (non-hydrogen) atoms. The van der Waals surface area contributed by atoms with E-state index in [-0.39, 0.29) is 18.4 Å². The van der Waals surface area contributed by atoms with Gasteiger partial charge < -0.3 is 14.5 Å². The second kappa shape index (κ2) is 7.00. The summed E-state index contributed by atoms with van der Waals surface area (Å²) in [5.41, 5.74) is 0.963. The van der Waals surface area contributed by atoms with E-state index in [1.54, 1.807) is 22.2 Å². The first-order chi connectivity index (χ1) is 9.66. The molecule has 6 heteroatoms. The Morgan fingerprint density at radius 2 is 1.95 bits per heavy atom. The molecule has 2 amide bonds. The molecule has 0 spiro atoms. The molecule has 6 nitrogen and oxygen atoms in total. The largest absolute Gasteiger partial charge is 0.378 e. The Kier molecular flexibility index (Phi) is 5.06. The van der Waals surface area contributed by atoms with E-state index in [1.807, 2.05) is 12.1 Å². The summed E-state index contributed by atoms with van der Waals surface area (Å²) in [7, 11) is 0. The van der Waals surface area contributed by atoms with E-state index in [0.29, 0.717) is 32.8 Å². The summed E-state index contributed by atoms with van der Waals surface area (Å²) >= 11 is 0. The Labute approximate surface area is 118 Å². The lowest BCUT2D eigenvalue weighted by molar-refractivity contribution is -0.142. The first-order valence-electron chi connectivity index (χ1n) is 6.67. The van der Waals surface area contributed by atoms with Gasteiger partial charge >= 0.3 is 0 Å². The molecule has 0 saturated carbocycles. The number of hydrogen-bond acceptors (Lipinski definition) is 4. The van der Waals surface area contributed by atoms with Crippen molar-refractivity contribution in [1.82, 2.24) is 14.8 Å². The average molecular weight is 277 g/mol. The maximum absolute atomic E-state index is 12.2. The first-order valence-corrected chi connectivity index (χ1v) is 6.67. The third-order valence-corrected chi connectivity index (χ3v) is 3.26. The summed E-state index contributed by atoms with van der Waals surface area (Å²) in [6, 6.07) is 3.68. The van der Waals surface area contributed by atoms with Crippen LogP contribution in [0.1, 0.15) is 12.5 Å². The van der Waals surface area contributed by atoms with Crippen molar-refractivity contribution >= 4 is 11.8 Å². The molecule has 1 fully saturated rings. The van der Waals surface area contributed by atoms with Crippen LogP contribution in [0.5, 0.6) is 0 Å². The van der Waals surface area contributed by atoms with Crippen molar-refractivity contribution in [2.45, 2.75) is 13.5 Å². The van der Waals surface area contributed by atoms with E-state index in [1.165, 1.54) is 6.92 Å². The number of amides is 2. The van der Waals surface area contributed by atoms with Gasteiger partial charge in [-0.25, -0.2) is 0 Å². The number of hydrogen-bond donors (Lipinski definition) is 0. The molecular formula is C14H19N3O3. The minimum Gasteiger partial charge on any atom is -0.378 e. The number of rotatable bonds is 4. The van der Waals surface area contributed by atoms with Gasteiger partial charge in [-0.15, -0.1) is 0 Å². The molecule has 0 aromatic carbocycles. The second-order valence-electron chi connectivity index (χ2n) is 4.72. The highest BCUT2D eigenvalue weighted by atomic mass is 16.5. The van der Waals surface area contributed by atoms with Gasteiger partial charge in [0, 0.05) is 39.0 Å². The maximum Gasteiger partial charge on any atom is 0.242 e. The van der Waals surface area contributed by atoms with E-state index in [0.717, 1.165) is 5.56 Å². The van der Waals surface area contributed by atoms with Crippen LogP contribution in [0.2, 0.25) is 0 Å². The predicted octanol–water partition coefficient (Wildman–Crippen LogP) is 0.289. The summed E-state index contributed by atoms with van der Waals surface area (Å²) in [4.78, 5) is 31.1. The van der Waals surface area contributed by atoms with Gasteiger partial charge in [-0.1, -0.05) is 0 Å². The summed E-state index contributed by atoms with van der Waals surface area (Å²) in [5.74, 6) is -0.138. The summed E-state index contributed by atoms with van der Waals surface area (Å²) in [6.07, 6.45) is 3.36. The van der Waals surface area contributed by atoms with Gasteiger partial charge in [0.25, 0.3) is 0 Å². The SMILES string of the molecule is CC(=O)N(CC(=O)N1CCOCC1)Cc1ccncc1. The standard InChI is InChI=1S/C14H19N3O3/c1-12(18)17(10-13-2-4-15-5-3-13)11-14(19)16-6-8-20-9-7-16/h2-5H,6-11H2,1H3. The minimum absolute atomic E-state index is 0.0300. The van der Waals surface area contributed by atoms with Crippen molar-refractivity contribution in [1.29, 1.82) is 0 Å². The van der Waals surface area contributed by atoms with Gasteiger partial charge in [-0.2, -0.15) is 0 Å². The zero-order valence-corrected chi connectivity index (χ0v) is 11.6. The van der Waals surface area contributed by atoms with Crippen LogP contribution in [-0.4, -0.2) is 59.4 Å².